The van der Waals surface area contributed by atoms with Gasteiger partial charge in [0, 0.05) is 23.6 Å². The van der Waals surface area contributed by atoms with Gasteiger partial charge < -0.3 is 14.8 Å². The highest BCUT2D eigenvalue weighted by Crippen LogP contribution is 2.38. The van der Waals surface area contributed by atoms with E-state index in [-0.39, 0.29) is 11.0 Å². The molecule has 0 saturated carbocycles. The van der Waals surface area contributed by atoms with Gasteiger partial charge in [-0.1, -0.05) is 0 Å². The van der Waals surface area contributed by atoms with E-state index in [4.69, 9.17) is 14.6 Å². The van der Waals surface area contributed by atoms with Gasteiger partial charge in [0.25, 0.3) is 5.91 Å². The van der Waals surface area contributed by atoms with Gasteiger partial charge in [-0.15, -0.1) is 0 Å². The molecule has 7 nitrogen and oxygen atoms in total. The van der Waals surface area contributed by atoms with Crippen molar-refractivity contribution in [3.05, 3.63) is 47.5 Å². The number of hydrogen-bond acceptors (Lipinski definition) is 5. The summed E-state index contributed by atoms with van der Waals surface area (Å²) in [6.07, 6.45) is 0.870. The van der Waals surface area contributed by atoms with E-state index in [1.807, 2.05) is 19.9 Å². The van der Waals surface area contributed by atoms with Crippen molar-refractivity contribution < 1.29 is 22.7 Å². The molecule has 138 valence electrons. The molecule has 0 bridgehead atoms. The summed E-state index contributed by atoms with van der Waals surface area (Å²) in [5.74, 6) is 0.900. The van der Waals surface area contributed by atoms with Crippen LogP contribution in [0.4, 0.5) is 5.69 Å². The first kappa shape index (κ1) is 18.2. The average molecular weight is 376 g/mol. The van der Waals surface area contributed by atoms with Gasteiger partial charge in [0.2, 0.25) is 10.0 Å². The number of rotatable bonds is 5. The van der Waals surface area contributed by atoms with E-state index in [1.54, 1.807) is 6.07 Å². The molecule has 1 heterocycles. The van der Waals surface area contributed by atoms with E-state index in [1.165, 1.54) is 24.3 Å². The number of sulfonamides is 1. The van der Waals surface area contributed by atoms with Crippen molar-refractivity contribution in [3.63, 3.8) is 0 Å². The van der Waals surface area contributed by atoms with Crippen LogP contribution in [0.15, 0.2) is 41.3 Å². The molecule has 0 unspecified atom stereocenters. The average Bonchev–Trinajstić information content (AvgIpc) is 2.93. The van der Waals surface area contributed by atoms with Crippen molar-refractivity contribution in [2.24, 2.45) is 5.14 Å². The molecule has 26 heavy (non-hydrogen) atoms. The van der Waals surface area contributed by atoms with Crippen LogP contribution in [-0.2, 0) is 16.4 Å². The predicted octanol–water partition coefficient (Wildman–Crippen LogP) is 2.31. The van der Waals surface area contributed by atoms with Crippen molar-refractivity contribution in [1.29, 1.82) is 0 Å². The Balaban J connectivity index is 1.86. The molecule has 0 spiro atoms. The quantitative estimate of drug-likeness (QED) is 0.832. The lowest BCUT2D eigenvalue weighted by Crippen LogP contribution is -2.15. The number of amides is 1. The van der Waals surface area contributed by atoms with Crippen LogP contribution < -0.4 is 19.9 Å². The molecule has 8 heteroatoms. The Morgan fingerprint density at radius 3 is 2.62 bits per heavy atom. The molecule has 0 aliphatic carbocycles. The Morgan fingerprint density at radius 2 is 2.00 bits per heavy atom. The van der Waals surface area contributed by atoms with Gasteiger partial charge in [-0.05, 0) is 44.2 Å². The fourth-order valence-corrected chi connectivity index (χ4v) is 3.32. The van der Waals surface area contributed by atoms with Crippen LogP contribution in [0.5, 0.6) is 11.5 Å². The number of carbonyl (C=O) groups excluding carboxylic acids is 1. The van der Waals surface area contributed by atoms with Crippen LogP contribution in [-0.4, -0.2) is 27.0 Å². The maximum atomic E-state index is 12.5. The molecule has 0 fully saturated rings. The predicted molar refractivity (Wildman–Crippen MR) is 97.2 cm³/mol. The van der Waals surface area contributed by atoms with Gasteiger partial charge in [0.15, 0.2) is 0 Å². The molecule has 1 atom stereocenters. The lowest BCUT2D eigenvalue weighted by Gasteiger charge is -2.13. The minimum Gasteiger partial charge on any atom is -0.492 e. The van der Waals surface area contributed by atoms with E-state index < -0.39 is 15.9 Å². The van der Waals surface area contributed by atoms with Crippen LogP contribution in [0, 0.1) is 0 Å². The molecular formula is C18H20N2O5S. The second kappa shape index (κ2) is 6.97. The number of nitrogens with two attached hydrogens (primary N) is 1. The normalized spacial score (nSPS) is 15.9. The zero-order valence-corrected chi connectivity index (χ0v) is 15.3. The molecule has 2 aromatic rings. The Kier molecular flexibility index (Phi) is 4.88. The zero-order chi connectivity index (χ0) is 18.9. The van der Waals surface area contributed by atoms with Crippen LogP contribution >= 0.6 is 0 Å². The first-order valence-electron chi connectivity index (χ1n) is 8.18. The fraction of sp³-hybridized carbons (Fsp3) is 0.278. The lowest BCUT2D eigenvalue weighted by molar-refractivity contribution is 0.102. The molecule has 3 N–H and O–H groups in total. The summed E-state index contributed by atoms with van der Waals surface area (Å²) in [6, 6.07) is 9.02. The molecule has 1 aliphatic heterocycles. The third-order valence-electron chi connectivity index (χ3n) is 3.99. The summed E-state index contributed by atoms with van der Waals surface area (Å²) in [7, 11) is -3.80. The molecule has 0 radical (unpaired) electrons. The van der Waals surface area contributed by atoms with Crippen LogP contribution in [0.2, 0.25) is 0 Å². The summed E-state index contributed by atoms with van der Waals surface area (Å²) in [6.45, 7) is 4.30. The SMILES string of the molecule is CCOc1cc2c(cc1NC(=O)c1ccc(S(N)(=O)=O)cc1)O[C@H](C)C2. The molecular weight excluding hydrogens is 356 g/mol. The number of benzene rings is 2. The summed E-state index contributed by atoms with van der Waals surface area (Å²) in [5.41, 5.74) is 1.84. The minimum atomic E-state index is -3.80. The van der Waals surface area contributed by atoms with Crippen molar-refractivity contribution >= 4 is 21.6 Å². The summed E-state index contributed by atoms with van der Waals surface area (Å²) in [5, 5.41) is 7.85. The number of carbonyl (C=O) groups is 1. The van der Waals surface area contributed by atoms with Crippen molar-refractivity contribution in [3.8, 4) is 11.5 Å². The number of ether oxygens (including phenoxy) is 2. The first-order valence-corrected chi connectivity index (χ1v) is 9.73. The van der Waals surface area contributed by atoms with Gasteiger partial charge in [-0.25, -0.2) is 13.6 Å². The standard InChI is InChI=1S/C18H20N2O5S/c1-3-24-17-9-13-8-11(2)25-16(13)10-15(17)20-18(21)12-4-6-14(7-5-12)26(19,22)23/h4-7,9-11H,3,8H2,1-2H3,(H,20,21)(H2,19,22,23)/t11-/m1/s1. The number of anilines is 1. The van der Waals surface area contributed by atoms with Crippen LogP contribution in [0.1, 0.15) is 29.8 Å². The molecule has 1 aliphatic rings. The topological polar surface area (TPSA) is 108 Å². The van der Waals surface area contributed by atoms with E-state index in [9.17, 15) is 13.2 Å². The number of fused-ring (bicyclic) bond motifs is 1. The minimum absolute atomic E-state index is 0.0519. The van der Waals surface area contributed by atoms with Crippen LogP contribution in [0.25, 0.3) is 0 Å². The lowest BCUT2D eigenvalue weighted by atomic mass is 10.1. The highest BCUT2D eigenvalue weighted by molar-refractivity contribution is 7.89. The van der Waals surface area contributed by atoms with Gasteiger partial charge in [0.05, 0.1) is 17.2 Å². The van der Waals surface area contributed by atoms with E-state index in [0.29, 0.717) is 23.6 Å². The Labute approximate surface area is 152 Å². The summed E-state index contributed by atoms with van der Waals surface area (Å²) < 4.78 is 34.0. The number of primary sulfonamides is 1. The molecule has 1 amide bonds. The van der Waals surface area contributed by atoms with Gasteiger partial charge >= 0.3 is 0 Å². The molecule has 0 aromatic heterocycles. The second-order valence-corrected chi connectivity index (χ2v) is 7.61. The third kappa shape index (κ3) is 3.81. The van der Waals surface area contributed by atoms with Gasteiger partial charge in [0.1, 0.15) is 17.6 Å². The summed E-state index contributed by atoms with van der Waals surface area (Å²) in [4.78, 5) is 12.5. The van der Waals surface area contributed by atoms with Gasteiger partial charge in [-0.2, -0.15) is 0 Å². The van der Waals surface area contributed by atoms with Crippen molar-refractivity contribution in [2.75, 3.05) is 11.9 Å². The first-order chi connectivity index (χ1) is 12.3. The third-order valence-corrected chi connectivity index (χ3v) is 4.92. The van der Waals surface area contributed by atoms with E-state index in [2.05, 4.69) is 5.32 Å². The monoisotopic (exact) mass is 376 g/mol. The molecule has 3 rings (SSSR count). The maximum absolute atomic E-state index is 12.5. The van der Waals surface area contributed by atoms with Gasteiger partial charge in [-0.3, -0.25) is 4.79 Å². The van der Waals surface area contributed by atoms with Crippen molar-refractivity contribution in [2.45, 2.75) is 31.3 Å². The maximum Gasteiger partial charge on any atom is 0.255 e. The largest absolute Gasteiger partial charge is 0.492 e. The number of hydrogen-bond donors (Lipinski definition) is 2. The van der Waals surface area contributed by atoms with E-state index in [0.717, 1.165) is 17.7 Å². The fourth-order valence-electron chi connectivity index (χ4n) is 2.80. The van der Waals surface area contributed by atoms with E-state index >= 15 is 0 Å². The Morgan fingerprint density at radius 1 is 1.31 bits per heavy atom. The zero-order valence-electron chi connectivity index (χ0n) is 14.5. The van der Waals surface area contributed by atoms with Crippen LogP contribution in [0.3, 0.4) is 0 Å². The highest BCUT2D eigenvalue weighted by atomic mass is 32.2. The second-order valence-electron chi connectivity index (χ2n) is 6.05. The number of nitrogens with one attached hydrogen (secondary N) is 1. The Bertz CT molecular complexity index is 939. The smallest absolute Gasteiger partial charge is 0.255 e. The van der Waals surface area contributed by atoms with Crippen molar-refractivity contribution in [1.82, 2.24) is 0 Å². The highest BCUT2D eigenvalue weighted by Gasteiger charge is 2.23. The molecule has 0 saturated heterocycles. The summed E-state index contributed by atoms with van der Waals surface area (Å²) >= 11 is 0. The Hall–Kier alpha value is -2.58. The molecule has 2 aromatic carbocycles.